The number of ether oxygens (including phenoxy) is 1. The number of hydrogen-bond acceptors (Lipinski definition) is 6. The molecule has 8 nitrogen and oxygen atoms in total. The fraction of sp³-hybridized carbons (Fsp3) is 0.667. The van der Waals surface area contributed by atoms with Crippen LogP contribution in [0.25, 0.3) is 0 Å². The van der Waals surface area contributed by atoms with Gasteiger partial charge in [-0.15, -0.1) is 0 Å². The number of carbonyl (C=O) groups excluding carboxylic acids is 2. The van der Waals surface area contributed by atoms with Gasteiger partial charge >= 0.3 is 11.9 Å². The largest absolute Gasteiger partial charge is 0.480 e. The molecule has 0 spiro atoms. The zero-order valence-corrected chi connectivity index (χ0v) is 21.1. The van der Waals surface area contributed by atoms with E-state index in [1.54, 1.807) is 13.8 Å². The summed E-state index contributed by atoms with van der Waals surface area (Å²) < 4.78 is 5.27. The van der Waals surface area contributed by atoms with Crippen molar-refractivity contribution in [3.63, 3.8) is 0 Å². The molecule has 1 aromatic carbocycles. The smallest absolute Gasteiger partial charge is 0.323 e. The van der Waals surface area contributed by atoms with Gasteiger partial charge in [0.1, 0.15) is 12.6 Å². The van der Waals surface area contributed by atoms with Gasteiger partial charge in [0.25, 0.3) is 0 Å². The maximum atomic E-state index is 13.4. The molecule has 1 amide bonds. The fourth-order valence-electron chi connectivity index (χ4n) is 5.37. The fourth-order valence-corrected chi connectivity index (χ4v) is 5.37. The average Bonchev–Trinajstić information content (AvgIpc) is 3.28. The lowest BCUT2D eigenvalue weighted by molar-refractivity contribution is -0.149. The van der Waals surface area contributed by atoms with Crippen LogP contribution in [0.3, 0.4) is 0 Å². The third-order valence-electron chi connectivity index (χ3n) is 7.27. The molecule has 1 unspecified atom stereocenters. The number of aliphatic carboxylic acids is 1. The lowest BCUT2D eigenvalue weighted by Gasteiger charge is -2.31. The van der Waals surface area contributed by atoms with E-state index >= 15 is 0 Å². The minimum Gasteiger partial charge on any atom is -0.480 e. The second kappa shape index (κ2) is 13.6. The van der Waals surface area contributed by atoms with Crippen molar-refractivity contribution in [1.82, 2.24) is 15.5 Å². The van der Waals surface area contributed by atoms with E-state index in [0.717, 1.165) is 49.4 Å². The molecule has 1 aliphatic heterocycles. The number of carbonyl (C=O) groups is 3. The molecule has 0 saturated carbocycles. The van der Waals surface area contributed by atoms with Crippen LogP contribution in [0.5, 0.6) is 0 Å². The van der Waals surface area contributed by atoms with Crippen molar-refractivity contribution in [3.8, 4) is 0 Å². The van der Waals surface area contributed by atoms with E-state index in [9.17, 15) is 19.5 Å². The molecule has 2 atom stereocenters. The second-order valence-electron chi connectivity index (χ2n) is 9.86. The van der Waals surface area contributed by atoms with Crippen LogP contribution in [0.15, 0.2) is 24.3 Å². The molecule has 3 N–H and O–H groups in total. The number of fused-ring (bicyclic) bond motifs is 1. The number of nitrogens with one attached hydrogen (secondary N) is 2. The van der Waals surface area contributed by atoms with Crippen LogP contribution in [0.1, 0.15) is 63.5 Å². The number of amides is 1. The molecule has 0 bridgehead atoms. The van der Waals surface area contributed by atoms with Crippen molar-refractivity contribution in [2.75, 3.05) is 26.2 Å². The molecular formula is C27H41N3O5. The number of unbranched alkanes of at least 4 members (excludes halogenated alkanes) is 1. The first-order valence-corrected chi connectivity index (χ1v) is 13.1. The van der Waals surface area contributed by atoms with E-state index in [0.29, 0.717) is 19.3 Å². The minimum atomic E-state index is -1.04. The Labute approximate surface area is 208 Å². The monoisotopic (exact) mass is 487 g/mol. The molecule has 35 heavy (non-hydrogen) atoms. The van der Waals surface area contributed by atoms with Gasteiger partial charge in [0.15, 0.2) is 0 Å². The van der Waals surface area contributed by atoms with Crippen molar-refractivity contribution in [2.24, 2.45) is 5.92 Å². The summed E-state index contributed by atoms with van der Waals surface area (Å²) in [5.41, 5.74) is 2.30. The Bertz CT molecular complexity index is 830. The van der Waals surface area contributed by atoms with E-state index in [1.807, 2.05) is 24.3 Å². The Morgan fingerprint density at radius 3 is 2.40 bits per heavy atom. The van der Waals surface area contributed by atoms with Gasteiger partial charge < -0.3 is 20.1 Å². The van der Waals surface area contributed by atoms with E-state index < -0.39 is 18.1 Å². The first-order chi connectivity index (χ1) is 16.9. The quantitative estimate of drug-likeness (QED) is 0.290. The number of esters is 1. The third-order valence-corrected chi connectivity index (χ3v) is 7.27. The predicted molar refractivity (Wildman–Crippen MR) is 134 cm³/mol. The van der Waals surface area contributed by atoms with Crippen LogP contribution in [-0.2, 0) is 32.0 Å². The van der Waals surface area contributed by atoms with Gasteiger partial charge in [0.05, 0.1) is 12.6 Å². The Morgan fingerprint density at radius 2 is 1.80 bits per heavy atom. The number of nitrogens with zero attached hydrogens (tertiary/aromatic N) is 1. The van der Waals surface area contributed by atoms with Gasteiger partial charge in [0.2, 0.25) is 5.91 Å². The van der Waals surface area contributed by atoms with Crippen LogP contribution in [-0.4, -0.2) is 72.2 Å². The van der Waals surface area contributed by atoms with Crippen LogP contribution in [0, 0.1) is 5.92 Å². The number of carboxylic acids is 1. The molecular weight excluding hydrogens is 446 g/mol. The zero-order valence-electron chi connectivity index (χ0n) is 21.1. The number of rotatable bonds is 13. The van der Waals surface area contributed by atoms with Crippen molar-refractivity contribution in [2.45, 2.75) is 83.3 Å². The van der Waals surface area contributed by atoms with Gasteiger partial charge in [-0.05, 0) is 76.1 Å². The highest BCUT2D eigenvalue weighted by Gasteiger charge is 2.34. The summed E-state index contributed by atoms with van der Waals surface area (Å²) in [5.74, 6) is -0.950. The van der Waals surface area contributed by atoms with Gasteiger partial charge in [-0.2, -0.15) is 0 Å². The SMILES string of the molecule is CCOC(=O)C(CCCCC1CCNCC1)N[C@@H](C)C(=O)N(CC(=O)O)C1Cc2ccccc2C1. The first kappa shape index (κ1) is 27.1. The molecule has 1 fully saturated rings. The molecule has 3 rings (SSSR count). The summed E-state index contributed by atoms with van der Waals surface area (Å²) >= 11 is 0. The summed E-state index contributed by atoms with van der Waals surface area (Å²) in [6.07, 6.45) is 7.34. The van der Waals surface area contributed by atoms with Gasteiger partial charge in [-0.25, -0.2) is 0 Å². The Kier molecular flexibility index (Phi) is 10.5. The van der Waals surface area contributed by atoms with Crippen LogP contribution < -0.4 is 10.6 Å². The maximum Gasteiger partial charge on any atom is 0.323 e. The predicted octanol–water partition coefficient (Wildman–Crippen LogP) is 2.54. The van der Waals surface area contributed by atoms with E-state index in [4.69, 9.17) is 4.74 Å². The molecule has 2 aliphatic rings. The molecule has 0 aromatic heterocycles. The van der Waals surface area contributed by atoms with E-state index in [-0.39, 0.29) is 31.1 Å². The average molecular weight is 488 g/mol. The summed E-state index contributed by atoms with van der Waals surface area (Å²) in [7, 11) is 0. The summed E-state index contributed by atoms with van der Waals surface area (Å²) in [4.78, 5) is 39.1. The van der Waals surface area contributed by atoms with Crippen LogP contribution in [0.2, 0.25) is 0 Å². The molecule has 0 radical (unpaired) electrons. The topological polar surface area (TPSA) is 108 Å². The molecule has 1 heterocycles. The standard InChI is InChI=1S/C27H41N3O5/c1-3-35-27(34)24(11-7-4-8-20-12-14-28-15-13-20)29-19(2)26(33)30(18-25(31)32)23-16-21-9-5-6-10-22(21)17-23/h5-6,9-10,19-20,23-24,28-29H,3-4,7-8,11-18H2,1-2H3,(H,31,32)/t19-,24?/m0/s1. The lowest BCUT2D eigenvalue weighted by Crippen LogP contribution is -2.54. The highest BCUT2D eigenvalue weighted by atomic mass is 16.5. The van der Waals surface area contributed by atoms with Gasteiger partial charge in [-0.3, -0.25) is 19.7 Å². The van der Waals surface area contributed by atoms with Crippen molar-refractivity contribution in [1.29, 1.82) is 0 Å². The number of benzene rings is 1. The maximum absolute atomic E-state index is 13.4. The van der Waals surface area contributed by atoms with Crippen molar-refractivity contribution < 1.29 is 24.2 Å². The normalized spacial score (nSPS) is 18.0. The zero-order chi connectivity index (χ0) is 25.2. The van der Waals surface area contributed by atoms with E-state index in [2.05, 4.69) is 10.6 Å². The molecule has 1 aromatic rings. The van der Waals surface area contributed by atoms with Crippen LogP contribution >= 0.6 is 0 Å². The summed E-state index contributed by atoms with van der Waals surface area (Å²) in [5, 5.41) is 16.0. The van der Waals surface area contributed by atoms with Crippen molar-refractivity contribution >= 4 is 17.8 Å². The Hall–Kier alpha value is -2.45. The van der Waals surface area contributed by atoms with Crippen LogP contribution in [0.4, 0.5) is 0 Å². The van der Waals surface area contributed by atoms with Gasteiger partial charge in [0, 0.05) is 6.04 Å². The number of carboxylic acid groups (broad SMARTS) is 1. The lowest BCUT2D eigenvalue weighted by atomic mass is 9.92. The second-order valence-corrected chi connectivity index (χ2v) is 9.86. The molecule has 8 heteroatoms. The van der Waals surface area contributed by atoms with Gasteiger partial charge in [-0.1, -0.05) is 43.5 Å². The summed E-state index contributed by atoms with van der Waals surface area (Å²) in [6, 6.07) is 6.49. The molecule has 1 aliphatic carbocycles. The highest BCUT2D eigenvalue weighted by molar-refractivity contribution is 5.86. The highest BCUT2D eigenvalue weighted by Crippen LogP contribution is 2.26. The Morgan fingerprint density at radius 1 is 1.14 bits per heavy atom. The first-order valence-electron chi connectivity index (χ1n) is 13.1. The summed E-state index contributed by atoms with van der Waals surface area (Å²) in [6.45, 7) is 5.56. The number of piperidine rings is 1. The Balaban J connectivity index is 1.58. The minimum absolute atomic E-state index is 0.203. The third kappa shape index (κ3) is 8.04. The van der Waals surface area contributed by atoms with E-state index in [1.165, 1.54) is 17.7 Å². The number of hydrogen-bond donors (Lipinski definition) is 3. The molecule has 194 valence electrons. The van der Waals surface area contributed by atoms with Crippen molar-refractivity contribution in [3.05, 3.63) is 35.4 Å². The molecule has 1 saturated heterocycles.